The summed E-state index contributed by atoms with van der Waals surface area (Å²) in [6.07, 6.45) is -0.795. The smallest absolute Gasteiger partial charge is 0.416 e. The number of hydrogen-bond donors (Lipinski definition) is 1. The number of rotatable bonds is 5. The molecule has 32 heavy (non-hydrogen) atoms. The van der Waals surface area contributed by atoms with Crippen LogP contribution in [0.5, 0.6) is 0 Å². The Labute approximate surface area is 186 Å². The predicted molar refractivity (Wildman–Crippen MR) is 113 cm³/mol. The van der Waals surface area contributed by atoms with E-state index in [1.807, 2.05) is 4.57 Å². The summed E-state index contributed by atoms with van der Waals surface area (Å²) in [5.74, 6) is -1.34. The summed E-state index contributed by atoms with van der Waals surface area (Å²) in [5.41, 5.74) is 0.322. The minimum Gasteiger partial charge on any atom is -0.481 e. The molecule has 170 valence electrons. The van der Waals surface area contributed by atoms with Crippen molar-refractivity contribution >= 4 is 38.6 Å². The second-order valence-corrected chi connectivity index (χ2v) is 10.8. The molecule has 1 unspecified atom stereocenters. The molecular formula is C21H19F3N2O4S2. The number of aliphatic carboxylic acids is 1. The van der Waals surface area contributed by atoms with Gasteiger partial charge in [-0.05, 0) is 43.2 Å². The van der Waals surface area contributed by atoms with Crippen molar-refractivity contribution in [1.82, 2.24) is 9.55 Å². The van der Waals surface area contributed by atoms with E-state index < -0.39 is 27.5 Å². The van der Waals surface area contributed by atoms with Crippen LogP contribution in [0.4, 0.5) is 13.2 Å². The van der Waals surface area contributed by atoms with Crippen LogP contribution in [-0.2, 0) is 27.4 Å². The summed E-state index contributed by atoms with van der Waals surface area (Å²) in [5, 5.41) is 9.78. The largest absolute Gasteiger partial charge is 0.481 e. The molecule has 0 radical (unpaired) electrons. The number of carboxylic acid groups (broad SMARTS) is 1. The van der Waals surface area contributed by atoms with E-state index in [1.165, 1.54) is 24.4 Å². The van der Waals surface area contributed by atoms with Crippen LogP contribution in [0.2, 0.25) is 0 Å². The average molecular weight is 485 g/mol. The number of carboxylic acids is 1. The number of benzene rings is 1. The Bertz CT molecular complexity index is 1300. The van der Waals surface area contributed by atoms with E-state index in [0.717, 1.165) is 30.2 Å². The summed E-state index contributed by atoms with van der Waals surface area (Å²) in [4.78, 5) is 16.9. The Kier molecular flexibility index (Phi) is 5.74. The lowest BCUT2D eigenvalue weighted by atomic mass is 9.93. The number of halogens is 3. The first-order valence-electron chi connectivity index (χ1n) is 9.75. The Morgan fingerprint density at radius 1 is 1.25 bits per heavy atom. The minimum absolute atomic E-state index is 0.0629. The summed E-state index contributed by atoms with van der Waals surface area (Å²) >= 11 is 1.13. The van der Waals surface area contributed by atoms with Gasteiger partial charge < -0.3 is 9.67 Å². The normalized spacial score (nSPS) is 16.8. The van der Waals surface area contributed by atoms with Crippen molar-refractivity contribution in [3.63, 3.8) is 0 Å². The van der Waals surface area contributed by atoms with E-state index in [-0.39, 0.29) is 17.2 Å². The summed E-state index contributed by atoms with van der Waals surface area (Å²) < 4.78 is 65.7. The number of aryl methyl sites for hydroxylation is 1. The third-order valence-electron chi connectivity index (χ3n) is 5.44. The predicted octanol–water partition coefficient (Wildman–Crippen LogP) is 4.96. The molecule has 6 nitrogen and oxygen atoms in total. The third kappa shape index (κ3) is 4.23. The van der Waals surface area contributed by atoms with Crippen LogP contribution in [0.3, 0.4) is 0 Å². The number of nitrogens with zero attached hydrogens (tertiary/aromatic N) is 2. The van der Waals surface area contributed by atoms with Crippen molar-refractivity contribution in [2.24, 2.45) is 0 Å². The molecule has 2 aromatic heterocycles. The fraction of sp³-hybridized carbons (Fsp3) is 0.333. The average Bonchev–Trinajstić information content (AvgIpc) is 3.01. The first kappa shape index (κ1) is 22.7. The number of hydrogen-bond acceptors (Lipinski definition) is 5. The highest BCUT2D eigenvalue weighted by Gasteiger charge is 2.33. The van der Waals surface area contributed by atoms with E-state index in [1.54, 1.807) is 0 Å². The van der Waals surface area contributed by atoms with Crippen molar-refractivity contribution in [3.05, 3.63) is 47.8 Å². The van der Waals surface area contributed by atoms with Crippen LogP contribution in [0, 0.1) is 0 Å². The Morgan fingerprint density at radius 2 is 1.94 bits per heavy atom. The van der Waals surface area contributed by atoms with Gasteiger partial charge in [0, 0.05) is 40.4 Å². The van der Waals surface area contributed by atoms with Gasteiger partial charge in [0.1, 0.15) is 5.65 Å². The van der Waals surface area contributed by atoms with Crippen molar-refractivity contribution < 1.29 is 31.5 Å². The Morgan fingerprint density at radius 3 is 2.53 bits per heavy atom. The molecule has 1 aromatic carbocycles. The fourth-order valence-electron chi connectivity index (χ4n) is 4.13. The van der Waals surface area contributed by atoms with Crippen molar-refractivity contribution in [3.8, 4) is 0 Å². The molecule has 1 aliphatic heterocycles. The standard InChI is InChI=1S/C21H19F3N2O4S2/c1-32(29,30)15-8-9-25-20-17(15)19(18-12(11-16(27)28)3-2-10-26(18)20)31-14-6-4-13(5-7-14)21(22,23)24/h4-9,12H,2-3,10-11H2,1H3,(H,27,28). The van der Waals surface area contributed by atoms with Gasteiger partial charge in [-0.15, -0.1) is 0 Å². The van der Waals surface area contributed by atoms with Crippen molar-refractivity contribution in [2.45, 2.75) is 52.6 Å². The van der Waals surface area contributed by atoms with Gasteiger partial charge in [-0.3, -0.25) is 4.79 Å². The number of fused-ring (bicyclic) bond motifs is 3. The maximum atomic E-state index is 12.9. The number of carbonyl (C=O) groups is 1. The first-order valence-corrected chi connectivity index (χ1v) is 12.5. The first-order chi connectivity index (χ1) is 15.0. The van der Waals surface area contributed by atoms with Crippen molar-refractivity contribution in [2.75, 3.05) is 6.26 Å². The van der Waals surface area contributed by atoms with E-state index in [0.29, 0.717) is 45.9 Å². The molecule has 1 aliphatic rings. The van der Waals surface area contributed by atoms with E-state index in [2.05, 4.69) is 4.98 Å². The van der Waals surface area contributed by atoms with Crippen LogP contribution in [0.1, 0.15) is 36.4 Å². The number of pyridine rings is 1. The Hall–Kier alpha value is -2.53. The second-order valence-electron chi connectivity index (χ2n) is 7.71. The zero-order chi connectivity index (χ0) is 23.3. The van der Waals surface area contributed by atoms with E-state index in [9.17, 15) is 31.5 Å². The molecule has 1 atom stereocenters. The maximum absolute atomic E-state index is 12.9. The summed E-state index contributed by atoms with van der Waals surface area (Å²) in [6.45, 7) is 0.551. The molecule has 0 saturated heterocycles. The third-order valence-corrected chi connectivity index (χ3v) is 7.71. The zero-order valence-electron chi connectivity index (χ0n) is 16.9. The number of sulfone groups is 1. The van der Waals surface area contributed by atoms with Crippen LogP contribution < -0.4 is 0 Å². The highest BCUT2D eigenvalue weighted by molar-refractivity contribution is 7.99. The van der Waals surface area contributed by atoms with Gasteiger partial charge >= 0.3 is 12.1 Å². The number of aromatic nitrogens is 2. The molecule has 0 saturated carbocycles. The van der Waals surface area contributed by atoms with E-state index >= 15 is 0 Å². The maximum Gasteiger partial charge on any atom is 0.416 e. The van der Waals surface area contributed by atoms with Crippen LogP contribution in [-0.4, -0.2) is 35.3 Å². The van der Waals surface area contributed by atoms with Gasteiger partial charge in [-0.2, -0.15) is 13.2 Å². The lowest BCUT2D eigenvalue weighted by Gasteiger charge is -2.25. The monoisotopic (exact) mass is 484 g/mol. The number of alkyl halides is 3. The topological polar surface area (TPSA) is 89.3 Å². The van der Waals surface area contributed by atoms with Crippen LogP contribution in [0.15, 0.2) is 51.2 Å². The van der Waals surface area contributed by atoms with Gasteiger partial charge in [0.25, 0.3) is 0 Å². The SMILES string of the molecule is CS(=O)(=O)c1ccnc2c1c(Sc1ccc(C(F)(F)F)cc1)c1n2CCCC1CC(=O)O. The van der Waals surface area contributed by atoms with Gasteiger partial charge in [0.05, 0.1) is 22.3 Å². The molecule has 1 N–H and O–H groups in total. The molecule has 0 spiro atoms. The second kappa shape index (κ2) is 8.11. The molecule has 0 bridgehead atoms. The lowest BCUT2D eigenvalue weighted by molar-refractivity contribution is -0.138. The van der Waals surface area contributed by atoms with Gasteiger partial charge in [0.15, 0.2) is 9.84 Å². The van der Waals surface area contributed by atoms with Crippen LogP contribution in [0.25, 0.3) is 11.0 Å². The van der Waals surface area contributed by atoms with Gasteiger partial charge in [-0.25, -0.2) is 13.4 Å². The summed E-state index contributed by atoms with van der Waals surface area (Å²) in [6, 6.07) is 5.99. The zero-order valence-corrected chi connectivity index (χ0v) is 18.5. The summed E-state index contributed by atoms with van der Waals surface area (Å²) in [7, 11) is -3.64. The molecule has 4 rings (SSSR count). The molecule has 11 heteroatoms. The molecule has 3 aromatic rings. The minimum atomic E-state index is -4.47. The molecular weight excluding hydrogens is 465 g/mol. The fourth-order valence-corrected chi connectivity index (χ4v) is 6.26. The highest BCUT2D eigenvalue weighted by Crippen LogP contribution is 2.47. The Balaban J connectivity index is 1.94. The highest BCUT2D eigenvalue weighted by atomic mass is 32.2. The van der Waals surface area contributed by atoms with Gasteiger partial charge in [0.2, 0.25) is 0 Å². The molecule has 0 aliphatic carbocycles. The van der Waals surface area contributed by atoms with Crippen LogP contribution >= 0.6 is 11.8 Å². The van der Waals surface area contributed by atoms with E-state index in [4.69, 9.17) is 0 Å². The lowest BCUT2D eigenvalue weighted by Crippen LogP contribution is -2.18. The molecule has 3 heterocycles. The molecule has 0 amide bonds. The quantitative estimate of drug-likeness (QED) is 0.551. The molecule has 0 fully saturated rings. The van der Waals surface area contributed by atoms with Gasteiger partial charge in [-0.1, -0.05) is 11.8 Å². The van der Waals surface area contributed by atoms with Crippen molar-refractivity contribution in [1.29, 1.82) is 0 Å².